The van der Waals surface area contributed by atoms with Crippen LogP contribution in [0, 0.1) is 0 Å². The standard InChI is InChI=1S/C14H13Cl3N4O2S/c1-20-8-13(10-3-2-9(16)6-12(10)20)24(22,23)19-11-7-18-21(5-4-15)14(11)17/h2-3,6-8,19H,4-5H2,1H3. The van der Waals surface area contributed by atoms with Crippen molar-refractivity contribution in [2.45, 2.75) is 11.4 Å². The molecule has 3 aromatic rings. The molecule has 0 amide bonds. The highest BCUT2D eigenvalue weighted by Crippen LogP contribution is 2.30. The van der Waals surface area contributed by atoms with Crippen LogP contribution >= 0.6 is 34.8 Å². The number of sulfonamides is 1. The maximum atomic E-state index is 12.8. The number of anilines is 1. The van der Waals surface area contributed by atoms with Crippen molar-refractivity contribution in [3.63, 3.8) is 0 Å². The number of alkyl halides is 1. The molecule has 0 aliphatic rings. The van der Waals surface area contributed by atoms with Crippen molar-refractivity contribution >= 4 is 61.4 Å². The number of rotatable bonds is 5. The molecule has 0 radical (unpaired) electrons. The topological polar surface area (TPSA) is 68.9 Å². The average molecular weight is 408 g/mol. The Kier molecular flexibility index (Phi) is 4.70. The SMILES string of the molecule is Cn1cc(S(=O)(=O)Nc2cnn(CCCl)c2Cl)c2ccc(Cl)cc21. The third kappa shape index (κ3) is 3.09. The van der Waals surface area contributed by atoms with Crippen LogP contribution in [0.15, 0.2) is 35.5 Å². The molecule has 24 heavy (non-hydrogen) atoms. The lowest BCUT2D eigenvalue weighted by Gasteiger charge is -2.06. The number of halogens is 3. The molecule has 128 valence electrons. The number of aryl methyl sites for hydroxylation is 2. The second kappa shape index (κ2) is 6.48. The third-order valence-corrected chi connectivity index (χ3v) is 5.72. The molecule has 10 heteroatoms. The van der Waals surface area contributed by atoms with Crippen molar-refractivity contribution in [3.05, 3.63) is 40.8 Å². The number of aromatic nitrogens is 3. The average Bonchev–Trinajstić information content (AvgIpc) is 3.03. The summed E-state index contributed by atoms with van der Waals surface area (Å²) >= 11 is 17.8. The first-order valence-corrected chi connectivity index (χ1v) is 9.65. The maximum absolute atomic E-state index is 12.8. The molecule has 0 spiro atoms. The van der Waals surface area contributed by atoms with Gasteiger partial charge in [-0.1, -0.05) is 23.2 Å². The monoisotopic (exact) mass is 406 g/mol. The van der Waals surface area contributed by atoms with Crippen molar-refractivity contribution < 1.29 is 8.42 Å². The van der Waals surface area contributed by atoms with E-state index in [-0.39, 0.29) is 15.7 Å². The molecule has 0 aliphatic carbocycles. The highest BCUT2D eigenvalue weighted by atomic mass is 35.5. The molecule has 3 rings (SSSR count). The van der Waals surface area contributed by atoms with E-state index in [2.05, 4.69) is 9.82 Å². The molecule has 6 nitrogen and oxygen atoms in total. The quantitative estimate of drug-likeness (QED) is 0.655. The summed E-state index contributed by atoms with van der Waals surface area (Å²) in [6.45, 7) is 0.384. The van der Waals surface area contributed by atoms with Crippen molar-refractivity contribution in [1.29, 1.82) is 0 Å². The van der Waals surface area contributed by atoms with Gasteiger partial charge in [0.15, 0.2) is 5.15 Å². The van der Waals surface area contributed by atoms with E-state index in [0.29, 0.717) is 28.4 Å². The van der Waals surface area contributed by atoms with Crippen molar-refractivity contribution in [1.82, 2.24) is 14.3 Å². The molecular weight excluding hydrogens is 395 g/mol. The summed E-state index contributed by atoms with van der Waals surface area (Å²) < 4.78 is 31.1. The minimum absolute atomic E-state index is 0.137. The van der Waals surface area contributed by atoms with Crippen LogP contribution in [0.2, 0.25) is 10.2 Å². The lowest BCUT2D eigenvalue weighted by atomic mass is 10.2. The van der Waals surface area contributed by atoms with Crippen LogP contribution in [0.5, 0.6) is 0 Å². The smallest absolute Gasteiger partial charge is 0.264 e. The van der Waals surface area contributed by atoms with Gasteiger partial charge in [-0.15, -0.1) is 11.6 Å². The second-order valence-corrected chi connectivity index (χ2v) is 7.96. The van der Waals surface area contributed by atoms with E-state index < -0.39 is 10.0 Å². The summed E-state index contributed by atoms with van der Waals surface area (Å²) in [4.78, 5) is 0.137. The Morgan fingerprint density at radius 2 is 2.04 bits per heavy atom. The highest BCUT2D eigenvalue weighted by Gasteiger charge is 2.23. The summed E-state index contributed by atoms with van der Waals surface area (Å²) in [5, 5.41) is 5.30. The number of nitrogens with zero attached hydrogens (tertiary/aromatic N) is 3. The Morgan fingerprint density at radius 3 is 2.75 bits per heavy atom. The van der Waals surface area contributed by atoms with Gasteiger partial charge in [0.1, 0.15) is 10.6 Å². The Hall–Kier alpha value is -1.41. The molecule has 0 saturated heterocycles. The summed E-state index contributed by atoms with van der Waals surface area (Å²) in [6.07, 6.45) is 2.88. The van der Waals surface area contributed by atoms with Crippen LogP contribution in [0.4, 0.5) is 5.69 Å². The summed E-state index contributed by atoms with van der Waals surface area (Å²) in [7, 11) is -2.09. The highest BCUT2D eigenvalue weighted by molar-refractivity contribution is 7.93. The number of fused-ring (bicyclic) bond motifs is 1. The Labute approximate surface area is 154 Å². The predicted molar refractivity (Wildman–Crippen MR) is 96.7 cm³/mol. The number of benzene rings is 1. The first kappa shape index (κ1) is 17.4. The van der Waals surface area contributed by atoms with Gasteiger partial charge in [0.2, 0.25) is 0 Å². The molecule has 0 bridgehead atoms. The van der Waals surface area contributed by atoms with Crippen molar-refractivity contribution in [2.75, 3.05) is 10.6 Å². The molecule has 0 saturated carbocycles. The largest absolute Gasteiger partial charge is 0.349 e. The van der Waals surface area contributed by atoms with Crippen LogP contribution in [0.3, 0.4) is 0 Å². The van der Waals surface area contributed by atoms with Crippen molar-refractivity contribution in [2.24, 2.45) is 7.05 Å². The van der Waals surface area contributed by atoms with E-state index in [1.807, 2.05) is 0 Å². The summed E-state index contributed by atoms with van der Waals surface area (Å²) in [6, 6.07) is 5.03. The van der Waals surface area contributed by atoms with E-state index in [1.165, 1.54) is 17.1 Å². The molecule has 0 aliphatic heterocycles. The van der Waals surface area contributed by atoms with Gasteiger partial charge in [-0.3, -0.25) is 9.40 Å². The molecule has 2 aromatic heterocycles. The molecule has 0 unspecified atom stereocenters. The zero-order valence-electron chi connectivity index (χ0n) is 12.5. The lowest BCUT2D eigenvalue weighted by molar-refractivity contribution is 0.601. The number of nitrogens with one attached hydrogen (secondary N) is 1. The Balaban J connectivity index is 2.03. The summed E-state index contributed by atoms with van der Waals surface area (Å²) in [5.74, 6) is 0.317. The normalized spacial score (nSPS) is 12.0. The van der Waals surface area contributed by atoms with Crippen LogP contribution in [-0.2, 0) is 23.6 Å². The van der Waals surface area contributed by atoms with Gasteiger partial charge in [-0.25, -0.2) is 8.42 Å². The van der Waals surface area contributed by atoms with E-state index in [4.69, 9.17) is 34.8 Å². The van der Waals surface area contributed by atoms with Crippen LogP contribution in [-0.4, -0.2) is 28.6 Å². The number of hydrogen-bond donors (Lipinski definition) is 1. The Bertz CT molecular complexity index is 1010. The first-order valence-electron chi connectivity index (χ1n) is 6.88. The van der Waals surface area contributed by atoms with Gasteiger partial charge in [0, 0.05) is 29.5 Å². The summed E-state index contributed by atoms with van der Waals surface area (Å²) in [5.41, 5.74) is 0.916. The zero-order chi connectivity index (χ0) is 17.5. The zero-order valence-corrected chi connectivity index (χ0v) is 15.6. The van der Waals surface area contributed by atoms with E-state index >= 15 is 0 Å². The minimum atomic E-state index is -3.84. The molecule has 2 heterocycles. The van der Waals surface area contributed by atoms with Crippen LogP contribution in [0.25, 0.3) is 10.9 Å². The molecule has 0 fully saturated rings. The second-order valence-electron chi connectivity index (χ2n) is 5.13. The molecule has 1 N–H and O–H groups in total. The Morgan fingerprint density at radius 1 is 1.29 bits per heavy atom. The van der Waals surface area contributed by atoms with E-state index in [9.17, 15) is 8.42 Å². The minimum Gasteiger partial charge on any atom is -0.349 e. The van der Waals surface area contributed by atoms with Gasteiger partial charge in [-0.05, 0) is 18.2 Å². The molecular formula is C14H13Cl3N4O2S. The first-order chi connectivity index (χ1) is 11.3. The fraction of sp³-hybridized carbons (Fsp3) is 0.214. The van der Waals surface area contributed by atoms with Gasteiger partial charge in [0.25, 0.3) is 10.0 Å². The van der Waals surface area contributed by atoms with Gasteiger partial charge in [0.05, 0.1) is 18.3 Å². The van der Waals surface area contributed by atoms with E-state index in [1.54, 1.807) is 29.8 Å². The third-order valence-electron chi connectivity index (χ3n) is 3.52. The van der Waals surface area contributed by atoms with Gasteiger partial charge < -0.3 is 4.57 Å². The van der Waals surface area contributed by atoms with Gasteiger partial charge >= 0.3 is 0 Å². The molecule has 0 atom stereocenters. The number of hydrogen-bond acceptors (Lipinski definition) is 3. The van der Waals surface area contributed by atoms with Crippen molar-refractivity contribution in [3.8, 4) is 0 Å². The van der Waals surface area contributed by atoms with E-state index in [0.717, 1.165) is 0 Å². The lowest BCUT2D eigenvalue weighted by Crippen LogP contribution is -2.12. The predicted octanol–water partition coefficient (Wildman–Crippen LogP) is 3.72. The maximum Gasteiger partial charge on any atom is 0.264 e. The fourth-order valence-electron chi connectivity index (χ4n) is 2.41. The molecule has 1 aromatic carbocycles. The van der Waals surface area contributed by atoms with Crippen LogP contribution < -0.4 is 4.72 Å². The van der Waals surface area contributed by atoms with Crippen LogP contribution in [0.1, 0.15) is 0 Å². The fourth-order valence-corrected chi connectivity index (χ4v) is 4.32. The van der Waals surface area contributed by atoms with Gasteiger partial charge in [-0.2, -0.15) is 5.10 Å².